The molecule has 2 aromatic heterocycles. The van der Waals surface area contributed by atoms with Crippen LogP contribution < -0.4 is 15.5 Å². The van der Waals surface area contributed by atoms with Crippen molar-refractivity contribution in [3.05, 3.63) is 58.1 Å². The second kappa shape index (κ2) is 11.7. The zero-order chi connectivity index (χ0) is 27.6. The molecule has 1 aliphatic rings. The minimum absolute atomic E-state index is 0.383. The van der Waals surface area contributed by atoms with Gasteiger partial charge < -0.3 is 20.4 Å². The van der Waals surface area contributed by atoms with E-state index in [4.69, 9.17) is 33.2 Å². The van der Waals surface area contributed by atoms with Gasteiger partial charge in [-0.1, -0.05) is 47.0 Å². The number of hydrogen-bond acceptors (Lipinski definition) is 8. The van der Waals surface area contributed by atoms with Crippen LogP contribution >= 0.6 is 34.5 Å². The molecule has 1 saturated heterocycles. The Bertz CT molecular complexity index is 1420. The van der Waals surface area contributed by atoms with Crippen LogP contribution in [-0.4, -0.2) is 53.1 Å². The molecule has 0 radical (unpaired) electrons. The second-order valence-corrected chi connectivity index (χ2v) is 11.1. The van der Waals surface area contributed by atoms with Crippen molar-refractivity contribution in [2.75, 3.05) is 48.8 Å². The molecule has 0 unspecified atom stereocenters. The normalized spacial score (nSPS) is 14.5. The fourth-order valence-electron chi connectivity index (χ4n) is 4.30. The molecule has 2 aromatic carbocycles. The van der Waals surface area contributed by atoms with E-state index in [1.165, 1.54) is 42.7 Å². The third-order valence-corrected chi connectivity index (χ3v) is 7.95. The lowest BCUT2D eigenvalue weighted by molar-refractivity contribution is -0.137. The highest BCUT2D eigenvalue weighted by molar-refractivity contribution is 7.22. The van der Waals surface area contributed by atoms with E-state index >= 15 is 0 Å². The number of para-hydroxylation sites is 1. The number of fused-ring (bicyclic) bond motifs is 1. The Kier molecular flexibility index (Phi) is 8.32. The van der Waals surface area contributed by atoms with Crippen molar-refractivity contribution in [1.29, 1.82) is 0 Å². The molecule has 0 atom stereocenters. The zero-order valence-electron chi connectivity index (χ0n) is 21.0. The number of nitrogens with one attached hydrogen (secondary N) is 2. The van der Waals surface area contributed by atoms with E-state index in [9.17, 15) is 13.2 Å². The van der Waals surface area contributed by atoms with Gasteiger partial charge in [0.2, 0.25) is 5.95 Å². The van der Waals surface area contributed by atoms with Crippen LogP contribution in [0.25, 0.3) is 10.3 Å². The summed E-state index contributed by atoms with van der Waals surface area (Å²) in [4.78, 5) is 19.1. The topological polar surface area (TPSA) is 69.2 Å². The molecule has 0 amide bonds. The number of thiazole rings is 1. The molecule has 3 heterocycles. The van der Waals surface area contributed by atoms with Crippen LogP contribution in [0.15, 0.2) is 42.5 Å². The lowest BCUT2D eigenvalue weighted by Gasteiger charge is -2.28. The smallest absolute Gasteiger partial charge is 0.342 e. The Labute approximate surface area is 238 Å². The van der Waals surface area contributed by atoms with Gasteiger partial charge in [0.15, 0.2) is 15.8 Å². The Morgan fingerprint density at radius 2 is 1.64 bits per heavy atom. The maximum Gasteiger partial charge on any atom is 0.416 e. The lowest BCUT2D eigenvalue weighted by atomic mass is 10.1. The molecular weight excluding hydrogens is 570 g/mol. The molecule has 0 aliphatic carbocycles. The first-order valence-electron chi connectivity index (χ1n) is 12.4. The van der Waals surface area contributed by atoms with Gasteiger partial charge in [-0.05, 0) is 62.3 Å². The van der Waals surface area contributed by atoms with Gasteiger partial charge in [0.25, 0.3) is 0 Å². The quantitative estimate of drug-likeness (QED) is 0.215. The summed E-state index contributed by atoms with van der Waals surface area (Å²) >= 11 is 14.0. The highest BCUT2D eigenvalue weighted by Crippen LogP contribution is 2.37. The number of alkyl halides is 3. The van der Waals surface area contributed by atoms with E-state index < -0.39 is 11.7 Å². The Hall–Kier alpha value is -2.86. The molecule has 39 heavy (non-hydrogen) atoms. The first-order valence-corrected chi connectivity index (χ1v) is 14.0. The molecule has 13 heteroatoms. The zero-order valence-corrected chi connectivity index (χ0v) is 23.4. The number of halogens is 5. The summed E-state index contributed by atoms with van der Waals surface area (Å²) in [7, 11) is 1.93. The van der Waals surface area contributed by atoms with Crippen LogP contribution in [0, 0.1) is 0 Å². The van der Waals surface area contributed by atoms with Crippen LogP contribution in [0.1, 0.15) is 24.8 Å². The van der Waals surface area contributed by atoms with Crippen molar-refractivity contribution in [1.82, 2.24) is 19.9 Å². The first kappa shape index (κ1) is 27.7. The van der Waals surface area contributed by atoms with Crippen molar-refractivity contribution in [2.45, 2.75) is 25.4 Å². The van der Waals surface area contributed by atoms with Crippen molar-refractivity contribution in [3.63, 3.8) is 0 Å². The summed E-state index contributed by atoms with van der Waals surface area (Å²) in [6.07, 6.45) is -0.731. The Balaban J connectivity index is 1.46. The Morgan fingerprint density at radius 1 is 0.949 bits per heavy atom. The van der Waals surface area contributed by atoms with E-state index in [1.54, 1.807) is 18.2 Å². The van der Waals surface area contributed by atoms with E-state index in [-0.39, 0.29) is 0 Å². The predicted octanol–water partition coefficient (Wildman–Crippen LogP) is 7.82. The highest BCUT2D eigenvalue weighted by atomic mass is 35.5. The van der Waals surface area contributed by atoms with Crippen LogP contribution in [0.5, 0.6) is 0 Å². The number of likely N-dealkylation sites (tertiary alicyclic amines) is 1. The average Bonchev–Trinajstić information content (AvgIpc) is 3.33. The number of benzene rings is 2. The minimum Gasteiger partial charge on any atom is -0.342 e. The van der Waals surface area contributed by atoms with Crippen LogP contribution in [0.3, 0.4) is 0 Å². The standard InChI is InChI=1S/C26H26Cl2F3N7S/c1-37(14-15-38-12-3-2-4-13-38)24-35-22(32-17-10-8-16(9-11-17)26(29,30)31)21-23(36-24)39-25(34-21)33-20-18(27)6-5-7-19(20)28/h5-11H,2-4,12-15H2,1H3,(H,33,34)(H,32,35,36). The van der Waals surface area contributed by atoms with E-state index in [2.05, 4.69) is 20.5 Å². The fraction of sp³-hybridized carbons (Fsp3) is 0.346. The van der Waals surface area contributed by atoms with Crippen molar-refractivity contribution in [3.8, 4) is 0 Å². The van der Waals surface area contributed by atoms with Crippen LogP contribution in [-0.2, 0) is 6.18 Å². The van der Waals surface area contributed by atoms with Crippen LogP contribution in [0.2, 0.25) is 10.0 Å². The van der Waals surface area contributed by atoms with E-state index in [0.717, 1.165) is 38.3 Å². The molecule has 1 fully saturated rings. The summed E-state index contributed by atoms with van der Waals surface area (Å²) in [6, 6.07) is 9.97. The van der Waals surface area contributed by atoms with Gasteiger partial charge in [0.05, 0.1) is 21.3 Å². The van der Waals surface area contributed by atoms with Crippen molar-refractivity contribution < 1.29 is 13.2 Å². The summed E-state index contributed by atoms with van der Waals surface area (Å²) < 4.78 is 39.2. The van der Waals surface area contributed by atoms with E-state index in [1.807, 2.05) is 11.9 Å². The van der Waals surface area contributed by atoms with E-state index in [0.29, 0.717) is 48.7 Å². The number of rotatable bonds is 8. The van der Waals surface area contributed by atoms with Crippen LogP contribution in [0.4, 0.5) is 41.4 Å². The number of aromatic nitrogens is 3. The summed E-state index contributed by atoms with van der Waals surface area (Å²) in [5.41, 5.74) is 0.708. The maximum absolute atomic E-state index is 13.1. The summed E-state index contributed by atoms with van der Waals surface area (Å²) in [6.45, 7) is 3.79. The third-order valence-electron chi connectivity index (χ3n) is 6.46. The maximum atomic E-state index is 13.1. The number of nitrogens with zero attached hydrogens (tertiary/aromatic N) is 5. The average molecular weight is 597 g/mol. The van der Waals surface area contributed by atoms with Crippen molar-refractivity contribution >= 4 is 73.2 Å². The minimum atomic E-state index is -4.42. The third kappa shape index (κ3) is 6.66. The van der Waals surface area contributed by atoms with Gasteiger partial charge in [-0.25, -0.2) is 4.98 Å². The number of likely N-dealkylation sites (N-methyl/N-ethyl adjacent to an activating group) is 1. The molecule has 5 rings (SSSR count). The molecule has 206 valence electrons. The molecule has 4 aromatic rings. The molecule has 1 aliphatic heterocycles. The first-order chi connectivity index (χ1) is 18.7. The number of anilines is 5. The number of piperidine rings is 1. The van der Waals surface area contributed by atoms with Gasteiger partial charge in [-0.2, -0.15) is 23.1 Å². The predicted molar refractivity (Wildman–Crippen MR) is 153 cm³/mol. The van der Waals surface area contributed by atoms with Gasteiger partial charge in [0, 0.05) is 25.8 Å². The summed E-state index contributed by atoms with van der Waals surface area (Å²) in [5.74, 6) is 0.869. The second-order valence-electron chi connectivity index (χ2n) is 9.29. The summed E-state index contributed by atoms with van der Waals surface area (Å²) in [5, 5.41) is 7.68. The molecule has 0 spiro atoms. The lowest BCUT2D eigenvalue weighted by Crippen LogP contribution is -2.37. The molecular formula is C26H26Cl2F3N7S. The number of hydrogen-bond donors (Lipinski definition) is 2. The largest absolute Gasteiger partial charge is 0.416 e. The van der Waals surface area contributed by atoms with Gasteiger partial charge in [-0.3, -0.25) is 0 Å². The van der Waals surface area contributed by atoms with Crippen molar-refractivity contribution in [2.24, 2.45) is 0 Å². The molecule has 0 bridgehead atoms. The van der Waals surface area contributed by atoms with Gasteiger partial charge >= 0.3 is 6.18 Å². The molecule has 7 nitrogen and oxygen atoms in total. The fourth-order valence-corrected chi connectivity index (χ4v) is 5.63. The Morgan fingerprint density at radius 3 is 2.31 bits per heavy atom. The highest BCUT2D eigenvalue weighted by Gasteiger charge is 2.30. The molecule has 0 saturated carbocycles. The monoisotopic (exact) mass is 595 g/mol. The van der Waals surface area contributed by atoms with Gasteiger partial charge in [-0.15, -0.1) is 0 Å². The van der Waals surface area contributed by atoms with Gasteiger partial charge in [0.1, 0.15) is 5.52 Å². The molecule has 2 N–H and O–H groups in total. The SMILES string of the molecule is CN(CCN1CCCCC1)c1nc(Nc2ccc(C(F)(F)F)cc2)c2nc(Nc3c(Cl)cccc3Cl)sc2n1.